The van der Waals surface area contributed by atoms with Gasteiger partial charge in [0.15, 0.2) is 0 Å². The van der Waals surface area contributed by atoms with Gasteiger partial charge in [-0.3, -0.25) is 19.3 Å². The molecule has 3 aromatic rings. The van der Waals surface area contributed by atoms with Crippen LogP contribution in [0, 0.1) is 0 Å². The van der Waals surface area contributed by atoms with E-state index in [0.29, 0.717) is 22.0 Å². The van der Waals surface area contributed by atoms with E-state index in [0.717, 1.165) is 0 Å². The fourth-order valence-corrected chi connectivity index (χ4v) is 3.50. The summed E-state index contributed by atoms with van der Waals surface area (Å²) in [5.41, 5.74) is 1.14. The van der Waals surface area contributed by atoms with E-state index < -0.39 is 0 Å². The van der Waals surface area contributed by atoms with E-state index in [2.05, 4.69) is 0 Å². The largest absolute Gasteiger partial charge is 0.467 e. The summed E-state index contributed by atoms with van der Waals surface area (Å²) in [6.45, 7) is 0.0499. The molecule has 2 heterocycles. The van der Waals surface area contributed by atoms with E-state index in [-0.39, 0.29) is 44.0 Å². The Hall–Kier alpha value is -3.58. The summed E-state index contributed by atoms with van der Waals surface area (Å²) in [6, 6.07) is 19.1. The summed E-state index contributed by atoms with van der Waals surface area (Å²) >= 11 is 5.92. The molecule has 0 unspecified atom stereocenters. The van der Waals surface area contributed by atoms with Crippen molar-refractivity contribution >= 4 is 35.0 Å². The summed E-state index contributed by atoms with van der Waals surface area (Å²) in [5, 5.41) is 0.566. The monoisotopic (exact) mass is 437 g/mol. The minimum absolute atomic E-state index is 0.0461. The van der Waals surface area contributed by atoms with E-state index in [1.807, 2.05) is 6.07 Å². The van der Waals surface area contributed by atoms with Crippen LogP contribution in [0.5, 0.6) is 0 Å². The summed E-state index contributed by atoms with van der Waals surface area (Å²) in [5.74, 6) is -0.230. The standard InChI is InChI=1S/C23H20ClN3O4/c24-18-8-10-19(11-9-18)27-16-26(15-22(27)29)21(28)14-25(13-20-7-4-12-31-20)23(30)17-5-2-1-3-6-17/h1-12H,13-16H2. The number of benzene rings is 2. The highest BCUT2D eigenvalue weighted by atomic mass is 35.5. The Morgan fingerprint density at radius 2 is 1.74 bits per heavy atom. The fraction of sp³-hybridized carbons (Fsp3) is 0.174. The van der Waals surface area contributed by atoms with Crippen LogP contribution in [0.2, 0.25) is 5.02 Å². The molecule has 0 radical (unpaired) electrons. The van der Waals surface area contributed by atoms with Crippen LogP contribution in [0.25, 0.3) is 0 Å². The number of rotatable bonds is 6. The van der Waals surface area contributed by atoms with Crippen LogP contribution in [0.1, 0.15) is 16.1 Å². The van der Waals surface area contributed by atoms with Gasteiger partial charge in [0.05, 0.1) is 12.8 Å². The molecule has 1 aliphatic heterocycles. The highest BCUT2D eigenvalue weighted by Crippen LogP contribution is 2.22. The third kappa shape index (κ3) is 4.78. The number of hydrogen-bond donors (Lipinski definition) is 0. The Kier molecular flexibility index (Phi) is 6.04. The zero-order valence-electron chi connectivity index (χ0n) is 16.6. The minimum Gasteiger partial charge on any atom is -0.467 e. The van der Waals surface area contributed by atoms with Gasteiger partial charge < -0.3 is 14.2 Å². The van der Waals surface area contributed by atoms with Crippen molar-refractivity contribution in [2.24, 2.45) is 0 Å². The average molecular weight is 438 g/mol. The summed E-state index contributed by atoms with van der Waals surface area (Å²) < 4.78 is 5.37. The molecule has 8 heteroatoms. The van der Waals surface area contributed by atoms with Crippen molar-refractivity contribution in [2.75, 3.05) is 24.7 Å². The molecule has 0 aliphatic carbocycles. The molecule has 1 aliphatic rings. The van der Waals surface area contributed by atoms with Gasteiger partial charge in [0.25, 0.3) is 5.91 Å². The molecule has 2 aromatic carbocycles. The lowest BCUT2D eigenvalue weighted by molar-refractivity contribution is -0.132. The molecule has 158 valence electrons. The molecule has 0 spiro atoms. The first kappa shape index (κ1) is 20.7. The topological polar surface area (TPSA) is 74.1 Å². The van der Waals surface area contributed by atoms with Gasteiger partial charge in [-0.25, -0.2) is 0 Å². The highest BCUT2D eigenvalue weighted by molar-refractivity contribution is 6.30. The molecule has 1 aromatic heterocycles. The van der Waals surface area contributed by atoms with Gasteiger partial charge in [-0.15, -0.1) is 0 Å². The summed E-state index contributed by atoms with van der Waals surface area (Å²) in [6.07, 6.45) is 1.52. The number of nitrogens with zero attached hydrogens (tertiary/aromatic N) is 3. The van der Waals surface area contributed by atoms with Gasteiger partial charge in [0.1, 0.15) is 25.5 Å². The van der Waals surface area contributed by atoms with E-state index in [1.54, 1.807) is 60.7 Å². The molecule has 31 heavy (non-hydrogen) atoms. The Bertz CT molecular complexity index is 1070. The lowest BCUT2D eigenvalue weighted by atomic mass is 10.2. The second-order valence-corrected chi connectivity index (χ2v) is 7.57. The molecule has 3 amide bonds. The molecular weight excluding hydrogens is 418 g/mol. The molecule has 0 N–H and O–H groups in total. The van der Waals surface area contributed by atoms with Crippen LogP contribution in [-0.2, 0) is 16.1 Å². The van der Waals surface area contributed by atoms with Crippen molar-refractivity contribution in [3.63, 3.8) is 0 Å². The number of halogens is 1. The maximum absolute atomic E-state index is 13.0. The molecule has 4 rings (SSSR count). The third-order valence-electron chi connectivity index (χ3n) is 4.99. The molecule has 0 atom stereocenters. The van der Waals surface area contributed by atoms with Crippen molar-refractivity contribution in [2.45, 2.75) is 6.54 Å². The van der Waals surface area contributed by atoms with Gasteiger partial charge in [-0.05, 0) is 48.5 Å². The van der Waals surface area contributed by atoms with E-state index >= 15 is 0 Å². The molecule has 0 saturated carbocycles. The molecule has 7 nitrogen and oxygen atoms in total. The average Bonchev–Trinajstić information content (AvgIpc) is 3.43. The lowest BCUT2D eigenvalue weighted by Crippen LogP contribution is -2.42. The number of carbonyl (C=O) groups excluding carboxylic acids is 3. The first-order chi connectivity index (χ1) is 15.0. The van der Waals surface area contributed by atoms with E-state index in [9.17, 15) is 14.4 Å². The number of furan rings is 1. The number of carbonyl (C=O) groups is 3. The van der Waals surface area contributed by atoms with Crippen molar-refractivity contribution in [3.8, 4) is 0 Å². The fourth-order valence-electron chi connectivity index (χ4n) is 3.38. The second-order valence-electron chi connectivity index (χ2n) is 7.14. The van der Waals surface area contributed by atoms with Gasteiger partial charge >= 0.3 is 0 Å². The van der Waals surface area contributed by atoms with Crippen LogP contribution in [-0.4, -0.2) is 47.3 Å². The van der Waals surface area contributed by atoms with E-state index in [1.165, 1.54) is 21.0 Å². The molecule has 0 bridgehead atoms. The second kappa shape index (κ2) is 9.06. The van der Waals surface area contributed by atoms with E-state index in [4.69, 9.17) is 16.0 Å². The zero-order valence-corrected chi connectivity index (χ0v) is 17.4. The summed E-state index contributed by atoms with van der Waals surface area (Å²) in [4.78, 5) is 42.9. The van der Waals surface area contributed by atoms with Crippen molar-refractivity contribution in [3.05, 3.63) is 89.3 Å². The predicted octanol–water partition coefficient (Wildman–Crippen LogP) is 3.41. The van der Waals surface area contributed by atoms with Crippen molar-refractivity contribution in [1.82, 2.24) is 9.80 Å². The zero-order chi connectivity index (χ0) is 21.8. The van der Waals surface area contributed by atoms with Crippen LogP contribution < -0.4 is 4.90 Å². The quantitative estimate of drug-likeness (QED) is 0.592. The normalized spacial score (nSPS) is 13.5. The molecule has 1 saturated heterocycles. The minimum atomic E-state index is -0.319. The first-order valence-electron chi connectivity index (χ1n) is 9.71. The first-order valence-corrected chi connectivity index (χ1v) is 10.1. The third-order valence-corrected chi connectivity index (χ3v) is 5.24. The SMILES string of the molecule is O=C(CN(Cc1ccco1)C(=O)c1ccccc1)N1CC(=O)N(c2ccc(Cl)cc2)C1. The van der Waals surface area contributed by atoms with Crippen LogP contribution >= 0.6 is 11.6 Å². The Labute approximate surface area is 184 Å². The number of anilines is 1. The summed E-state index contributed by atoms with van der Waals surface area (Å²) in [7, 11) is 0. The Balaban J connectivity index is 1.48. The van der Waals surface area contributed by atoms with Gasteiger partial charge in [0, 0.05) is 16.3 Å². The maximum atomic E-state index is 13.0. The number of amides is 3. The Morgan fingerprint density at radius 1 is 1.00 bits per heavy atom. The molecular formula is C23H20ClN3O4. The highest BCUT2D eigenvalue weighted by Gasteiger charge is 2.33. The lowest BCUT2D eigenvalue weighted by Gasteiger charge is -2.24. The number of hydrogen-bond acceptors (Lipinski definition) is 4. The van der Waals surface area contributed by atoms with Gasteiger partial charge in [-0.2, -0.15) is 0 Å². The van der Waals surface area contributed by atoms with Crippen LogP contribution in [0.4, 0.5) is 5.69 Å². The predicted molar refractivity (Wildman–Crippen MR) is 115 cm³/mol. The van der Waals surface area contributed by atoms with Crippen LogP contribution in [0.3, 0.4) is 0 Å². The maximum Gasteiger partial charge on any atom is 0.254 e. The Morgan fingerprint density at radius 3 is 2.42 bits per heavy atom. The van der Waals surface area contributed by atoms with Crippen molar-refractivity contribution in [1.29, 1.82) is 0 Å². The van der Waals surface area contributed by atoms with Crippen molar-refractivity contribution < 1.29 is 18.8 Å². The molecule has 1 fully saturated rings. The smallest absolute Gasteiger partial charge is 0.254 e. The van der Waals surface area contributed by atoms with Gasteiger partial charge in [-0.1, -0.05) is 29.8 Å². The van der Waals surface area contributed by atoms with Crippen LogP contribution in [0.15, 0.2) is 77.4 Å². The van der Waals surface area contributed by atoms with Gasteiger partial charge in [0.2, 0.25) is 11.8 Å².